The largest absolute Gasteiger partial charge is 0.249 e. The molecule has 0 bridgehead atoms. The molecule has 1 heterocycles. The van der Waals surface area contributed by atoms with E-state index in [9.17, 15) is 0 Å². The minimum atomic E-state index is 0.326. The van der Waals surface area contributed by atoms with E-state index < -0.39 is 0 Å². The molecule has 80 valence electrons. The lowest BCUT2D eigenvalue weighted by Crippen LogP contribution is -2.30. The maximum absolute atomic E-state index is 4.25. The Hall–Kier alpha value is -1.38. The lowest BCUT2D eigenvalue weighted by atomic mass is 9.88. The van der Waals surface area contributed by atoms with Crippen LogP contribution in [0, 0.1) is 5.41 Å². The quantitative estimate of drug-likeness (QED) is 0.708. The van der Waals surface area contributed by atoms with Gasteiger partial charge < -0.3 is 0 Å². The first-order chi connectivity index (χ1) is 6.96. The smallest absolute Gasteiger partial charge is 0.158 e. The SMILES string of the molecule is C[n+]1[nH]nc2cc(CC(C)(C)C)ccc21. The molecule has 0 spiro atoms. The van der Waals surface area contributed by atoms with Gasteiger partial charge in [-0.15, -0.1) is 0 Å². The summed E-state index contributed by atoms with van der Waals surface area (Å²) in [6.45, 7) is 6.76. The van der Waals surface area contributed by atoms with E-state index in [1.54, 1.807) is 0 Å². The molecule has 0 aliphatic carbocycles. The second kappa shape index (κ2) is 3.33. The summed E-state index contributed by atoms with van der Waals surface area (Å²) in [5.41, 5.74) is 3.86. The van der Waals surface area contributed by atoms with Crippen molar-refractivity contribution in [2.45, 2.75) is 27.2 Å². The summed E-state index contributed by atoms with van der Waals surface area (Å²) in [5.74, 6) is 0. The van der Waals surface area contributed by atoms with Gasteiger partial charge in [0.1, 0.15) is 7.05 Å². The molecule has 0 fully saturated rings. The van der Waals surface area contributed by atoms with Crippen molar-refractivity contribution in [3.8, 4) is 0 Å². The minimum absolute atomic E-state index is 0.326. The maximum atomic E-state index is 4.25. The van der Waals surface area contributed by atoms with Gasteiger partial charge >= 0.3 is 0 Å². The van der Waals surface area contributed by atoms with Crippen molar-refractivity contribution in [1.29, 1.82) is 0 Å². The first-order valence-electron chi connectivity index (χ1n) is 5.29. The zero-order valence-electron chi connectivity index (χ0n) is 9.83. The second-order valence-electron chi connectivity index (χ2n) is 5.33. The Labute approximate surface area is 90.1 Å². The highest BCUT2D eigenvalue weighted by Crippen LogP contribution is 2.21. The topological polar surface area (TPSA) is 32.6 Å². The van der Waals surface area contributed by atoms with Crippen molar-refractivity contribution in [3.05, 3.63) is 23.8 Å². The van der Waals surface area contributed by atoms with E-state index in [-0.39, 0.29) is 0 Å². The van der Waals surface area contributed by atoms with Crippen LogP contribution in [0.3, 0.4) is 0 Å². The van der Waals surface area contributed by atoms with E-state index >= 15 is 0 Å². The molecule has 0 saturated heterocycles. The van der Waals surface area contributed by atoms with Crippen LogP contribution in [0.25, 0.3) is 11.0 Å². The Kier molecular flexibility index (Phi) is 2.25. The summed E-state index contributed by atoms with van der Waals surface area (Å²) < 4.78 is 1.93. The number of rotatable bonds is 1. The monoisotopic (exact) mass is 204 g/mol. The third-order valence-electron chi connectivity index (χ3n) is 2.46. The average molecular weight is 204 g/mol. The Morgan fingerprint density at radius 3 is 2.73 bits per heavy atom. The Bertz CT molecular complexity index is 477. The van der Waals surface area contributed by atoms with Crippen LogP contribution in [-0.2, 0) is 13.5 Å². The highest BCUT2D eigenvalue weighted by atomic mass is 15.4. The maximum Gasteiger partial charge on any atom is 0.249 e. The van der Waals surface area contributed by atoms with Gasteiger partial charge in [-0.2, -0.15) is 4.68 Å². The van der Waals surface area contributed by atoms with E-state index in [1.165, 1.54) is 5.56 Å². The molecule has 0 aliphatic rings. The van der Waals surface area contributed by atoms with Crippen molar-refractivity contribution in [1.82, 2.24) is 10.3 Å². The minimum Gasteiger partial charge on any atom is -0.158 e. The average Bonchev–Trinajstić information content (AvgIpc) is 2.45. The van der Waals surface area contributed by atoms with E-state index in [2.05, 4.69) is 49.3 Å². The van der Waals surface area contributed by atoms with Gasteiger partial charge in [-0.3, -0.25) is 0 Å². The zero-order valence-corrected chi connectivity index (χ0v) is 9.83. The van der Waals surface area contributed by atoms with Gasteiger partial charge in [0.2, 0.25) is 5.52 Å². The number of hydrogen-bond donors (Lipinski definition) is 1. The van der Waals surface area contributed by atoms with Crippen LogP contribution in [0.5, 0.6) is 0 Å². The summed E-state index contributed by atoms with van der Waals surface area (Å²) in [6.07, 6.45) is 1.08. The molecular weight excluding hydrogens is 186 g/mol. The van der Waals surface area contributed by atoms with Crippen molar-refractivity contribution in [2.24, 2.45) is 12.5 Å². The molecule has 0 atom stereocenters. The van der Waals surface area contributed by atoms with Crippen LogP contribution in [0.2, 0.25) is 0 Å². The molecular formula is C12H18N3+. The molecule has 1 N–H and O–H groups in total. The predicted molar refractivity (Wildman–Crippen MR) is 60.4 cm³/mol. The lowest BCUT2D eigenvalue weighted by Gasteiger charge is -2.17. The number of H-pyrrole nitrogens is 1. The third kappa shape index (κ3) is 2.17. The summed E-state index contributed by atoms with van der Waals surface area (Å²) in [4.78, 5) is 0. The molecule has 15 heavy (non-hydrogen) atoms. The molecule has 3 heteroatoms. The normalized spacial score (nSPS) is 12.3. The van der Waals surface area contributed by atoms with Crippen molar-refractivity contribution in [3.63, 3.8) is 0 Å². The molecule has 0 radical (unpaired) electrons. The number of fused-ring (bicyclic) bond motifs is 1. The highest BCUT2D eigenvalue weighted by Gasteiger charge is 2.14. The summed E-state index contributed by atoms with van der Waals surface area (Å²) in [6, 6.07) is 6.47. The van der Waals surface area contributed by atoms with Gasteiger partial charge in [-0.25, -0.2) is 0 Å². The molecule has 1 aromatic carbocycles. The molecule has 0 unspecified atom stereocenters. The number of nitrogens with zero attached hydrogens (tertiary/aromatic N) is 2. The van der Waals surface area contributed by atoms with Gasteiger partial charge in [0.25, 0.3) is 0 Å². The van der Waals surface area contributed by atoms with Crippen molar-refractivity contribution in [2.75, 3.05) is 0 Å². The molecule has 2 rings (SSSR count). The van der Waals surface area contributed by atoms with Gasteiger partial charge in [0, 0.05) is 5.10 Å². The van der Waals surface area contributed by atoms with Gasteiger partial charge in [0.15, 0.2) is 5.52 Å². The number of hydrogen-bond acceptors (Lipinski definition) is 1. The fourth-order valence-corrected chi connectivity index (χ4v) is 1.85. The van der Waals surface area contributed by atoms with Gasteiger partial charge in [0.05, 0.1) is 0 Å². The lowest BCUT2D eigenvalue weighted by molar-refractivity contribution is -0.707. The van der Waals surface area contributed by atoms with E-state index in [4.69, 9.17) is 0 Å². The molecule has 0 saturated carbocycles. The van der Waals surface area contributed by atoms with Crippen LogP contribution in [0.15, 0.2) is 18.2 Å². The van der Waals surface area contributed by atoms with E-state index in [0.717, 1.165) is 17.5 Å². The summed E-state index contributed by atoms with van der Waals surface area (Å²) >= 11 is 0. The number of aromatic nitrogens is 3. The van der Waals surface area contributed by atoms with Gasteiger partial charge in [-0.1, -0.05) is 32.1 Å². The molecule has 2 aromatic rings. The van der Waals surface area contributed by atoms with E-state index in [1.807, 2.05) is 11.7 Å². The number of aryl methyl sites for hydroxylation is 1. The highest BCUT2D eigenvalue weighted by molar-refractivity contribution is 5.71. The van der Waals surface area contributed by atoms with Crippen LogP contribution < -0.4 is 4.68 Å². The number of aromatic amines is 1. The Balaban J connectivity index is 2.39. The van der Waals surface area contributed by atoms with Crippen molar-refractivity contribution >= 4 is 11.0 Å². The van der Waals surface area contributed by atoms with Crippen LogP contribution in [-0.4, -0.2) is 10.3 Å². The molecule has 3 nitrogen and oxygen atoms in total. The molecule has 1 aromatic heterocycles. The number of nitrogens with one attached hydrogen (secondary N) is 1. The van der Waals surface area contributed by atoms with Crippen molar-refractivity contribution < 1.29 is 4.68 Å². The standard InChI is InChI=1S/C12H17N3/c1-12(2,3)8-9-5-6-11-10(7-9)13-14-15(11)4/h5-7H,8H2,1-4H3/p+1. The van der Waals surface area contributed by atoms with Crippen LogP contribution in [0.4, 0.5) is 0 Å². The Morgan fingerprint density at radius 2 is 2.07 bits per heavy atom. The fraction of sp³-hybridized carbons (Fsp3) is 0.500. The molecule has 0 amide bonds. The molecule has 0 aliphatic heterocycles. The zero-order chi connectivity index (χ0) is 11.1. The number of benzene rings is 1. The predicted octanol–water partition coefficient (Wildman–Crippen LogP) is 1.98. The fourth-order valence-electron chi connectivity index (χ4n) is 1.85. The third-order valence-corrected chi connectivity index (χ3v) is 2.46. The van der Waals surface area contributed by atoms with E-state index in [0.29, 0.717) is 5.41 Å². The Morgan fingerprint density at radius 1 is 1.33 bits per heavy atom. The first-order valence-corrected chi connectivity index (χ1v) is 5.29. The second-order valence-corrected chi connectivity index (χ2v) is 5.33. The summed E-state index contributed by atoms with van der Waals surface area (Å²) in [5, 5.41) is 7.18. The van der Waals surface area contributed by atoms with Gasteiger partial charge in [-0.05, 0) is 29.5 Å². The summed E-state index contributed by atoms with van der Waals surface area (Å²) in [7, 11) is 1.97. The first kappa shape index (κ1) is 10.1. The van der Waals surface area contributed by atoms with Crippen LogP contribution >= 0.6 is 0 Å². The van der Waals surface area contributed by atoms with Crippen LogP contribution in [0.1, 0.15) is 26.3 Å².